The molecule has 0 aliphatic rings. The quantitative estimate of drug-likeness (QED) is 0.360. The molecule has 0 aliphatic carbocycles. The van der Waals surface area contributed by atoms with Crippen LogP contribution in [0.5, 0.6) is 11.5 Å². The third-order valence-corrected chi connectivity index (χ3v) is 4.49. The Morgan fingerprint density at radius 1 is 0.968 bits per heavy atom. The van der Waals surface area contributed by atoms with Crippen molar-refractivity contribution in [3.63, 3.8) is 0 Å². The van der Waals surface area contributed by atoms with E-state index in [1.807, 2.05) is 38.1 Å². The van der Waals surface area contributed by atoms with Gasteiger partial charge in [-0.1, -0.05) is 25.2 Å². The van der Waals surface area contributed by atoms with Crippen molar-refractivity contribution in [2.75, 3.05) is 46.0 Å². The number of rotatable bonds is 13. The fraction of sp³-hybridized carbons (Fsp3) is 0.417. The standard InChI is InChI=1S/C24H33N3O4/c1-6-9-18(7-2)14-19(8-3)27-24-20-15-22(30-12-10-28-4)23(31-13-11-29-5)16-21(20)25-17-26-24/h6,8-9,14-17H,7,10-13H2,1-5H3,(H,25,26,27)/b9-6-,18-14-,19-8+. The van der Waals surface area contributed by atoms with Gasteiger partial charge in [0.25, 0.3) is 0 Å². The molecule has 0 amide bonds. The average molecular weight is 428 g/mol. The van der Waals surface area contributed by atoms with Crippen molar-refractivity contribution in [1.82, 2.24) is 9.97 Å². The van der Waals surface area contributed by atoms with Gasteiger partial charge < -0.3 is 24.3 Å². The van der Waals surface area contributed by atoms with Gasteiger partial charge >= 0.3 is 0 Å². The van der Waals surface area contributed by atoms with E-state index in [9.17, 15) is 0 Å². The minimum absolute atomic E-state index is 0.408. The Morgan fingerprint density at radius 3 is 2.23 bits per heavy atom. The second-order valence-corrected chi connectivity index (χ2v) is 6.66. The Morgan fingerprint density at radius 2 is 1.65 bits per heavy atom. The third kappa shape index (κ3) is 7.38. The van der Waals surface area contributed by atoms with E-state index in [1.165, 1.54) is 5.57 Å². The van der Waals surface area contributed by atoms with E-state index >= 15 is 0 Å². The topological polar surface area (TPSA) is 74.7 Å². The first-order valence-corrected chi connectivity index (χ1v) is 10.5. The van der Waals surface area contributed by atoms with Crippen molar-refractivity contribution in [3.05, 3.63) is 54.0 Å². The lowest BCUT2D eigenvalue weighted by Gasteiger charge is -2.15. The van der Waals surface area contributed by atoms with Crippen LogP contribution in [0, 0.1) is 0 Å². The number of hydrogen-bond acceptors (Lipinski definition) is 7. The monoisotopic (exact) mass is 427 g/mol. The summed E-state index contributed by atoms with van der Waals surface area (Å²) in [6.07, 6.45) is 10.8. The van der Waals surface area contributed by atoms with Crippen molar-refractivity contribution in [1.29, 1.82) is 0 Å². The zero-order valence-electron chi connectivity index (χ0n) is 19.1. The van der Waals surface area contributed by atoms with E-state index in [2.05, 4.69) is 34.4 Å². The number of methoxy groups -OCH3 is 2. The molecule has 0 atom stereocenters. The Kier molecular flexibility index (Phi) is 10.5. The molecule has 7 heteroatoms. The molecular weight excluding hydrogens is 394 g/mol. The predicted molar refractivity (Wildman–Crippen MR) is 125 cm³/mol. The van der Waals surface area contributed by atoms with Gasteiger partial charge in [-0.15, -0.1) is 0 Å². The molecule has 0 saturated heterocycles. The lowest BCUT2D eigenvalue weighted by molar-refractivity contribution is 0.132. The van der Waals surface area contributed by atoms with Crippen molar-refractivity contribution in [2.45, 2.75) is 27.2 Å². The summed E-state index contributed by atoms with van der Waals surface area (Å²) in [7, 11) is 3.28. The van der Waals surface area contributed by atoms with Crippen LogP contribution in [0.2, 0.25) is 0 Å². The summed E-state index contributed by atoms with van der Waals surface area (Å²) in [5.74, 6) is 1.92. The van der Waals surface area contributed by atoms with Gasteiger partial charge in [-0.3, -0.25) is 0 Å². The minimum atomic E-state index is 0.408. The molecule has 0 fully saturated rings. The first-order valence-electron chi connectivity index (χ1n) is 10.5. The number of nitrogens with one attached hydrogen (secondary N) is 1. The molecule has 7 nitrogen and oxygen atoms in total. The van der Waals surface area contributed by atoms with Gasteiger partial charge in [-0.05, 0) is 38.0 Å². The smallest absolute Gasteiger partial charge is 0.163 e. The number of ether oxygens (including phenoxy) is 4. The van der Waals surface area contributed by atoms with Crippen LogP contribution in [0.1, 0.15) is 27.2 Å². The molecular formula is C24H33N3O4. The highest BCUT2D eigenvalue weighted by Gasteiger charge is 2.13. The molecule has 1 N–H and O–H groups in total. The van der Waals surface area contributed by atoms with Gasteiger partial charge in [-0.25, -0.2) is 9.97 Å². The second kappa shape index (κ2) is 13.4. The maximum Gasteiger partial charge on any atom is 0.163 e. The first kappa shape index (κ1) is 24.4. The number of benzene rings is 1. The molecule has 0 radical (unpaired) electrons. The zero-order valence-corrected chi connectivity index (χ0v) is 19.1. The third-order valence-electron chi connectivity index (χ3n) is 4.49. The van der Waals surface area contributed by atoms with Crippen LogP contribution in [0.15, 0.2) is 54.0 Å². The SMILES string of the molecule is C\C=C/C(=C\C(=C/C)Nc1ncnc2cc(OCCOC)c(OCCOC)cc12)CC. The van der Waals surface area contributed by atoms with E-state index in [0.29, 0.717) is 43.7 Å². The largest absolute Gasteiger partial charge is 0.487 e. The first-order chi connectivity index (χ1) is 15.2. The number of allylic oxidation sites excluding steroid dienone is 5. The van der Waals surface area contributed by atoms with E-state index in [4.69, 9.17) is 18.9 Å². The fourth-order valence-electron chi connectivity index (χ4n) is 2.87. The number of aromatic nitrogens is 2. The van der Waals surface area contributed by atoms with E-state index < -0.39 is 0 Å². The highest BCUT2D eigenvalue weighted by molar-refractivity contribution is 5.92. The molecule has 1 aromatic carbocycles. The summed E-state index contributed by atoms with van der Waals surface area (Å²) in [4.78, 5) is 8.88. The highest BCUT2D eigenvalue weighted by atomic mass is 16.5. The normalized spacial score (nSPS) is 12.5. The summed E-state index contributed by atoms with van der Waals surface area (Å²) in [5.41, 5.74) is 2.93. The molecule has 0 aliphatic heterocycles. The van der Waals surface area contributed by atoms with Crippen molar-refractivity contribution >= 4 is 16.7 Å². The second-order valence-electron chi connectivity index (χ2n) is 6.66. The van der Waals surface area contributed by atoms with Gasteiger partial charge in [-0.2, -0.15) is 0 Å². The van der Waals surface area contributed by atoms with E-state index in [0.717, 1.165) is 23.0 Å². The van der Waals surface area contributed by atoms with Crippen LogP contribution in [-0.4, -0.2) is 50.6 Å². The van der Waals surface area contributed by atoms with Gasteiger partial charge in [0.15, 0.2) is 11.5 Å². The maximum atomic E-state index is 5.91. The van der Waals surface area contributed by atoms with E-state index in [1.54, 1.807) is 20.5 Å². The van der Waals surface area contributed by atoms with Crippen LogP contribution >= 0.6 is 0 Å². The molecule has 0 bridgehead atoms. The number of hydrogen-bond donors (Lipinski definition) is 1. The van der Waals surface area contributed by atoms with Crippen LogP contribution in [0.4, 0.5) is 5.82 Å². The van der Waals surface area contributed by atoms with Gasteiger partial charge in [0.05, 0.1) is 18.7 Å². The minimum Gasteiger partial charge on any atom is -0.487 e. The molecule has 0 saturated carbocycles. The Bertz CT molecular complexity index is 922. The summed E-state index contributed by atoms with van der Waals surface area (Å²) in [6.45, 7) is 7.92. The molecule has 1 aromatic heterocycles. The highest BCUT2D eigenvalue weighted by Crippen LogP contribution is 2.34. The van der Waals surface area contributed by atoms with Crippen molar-refractivity contribution < 1.29 is 18.9 Å². The number of nitrogens with zero attached hydrogens (tertiary/aromatic N) is 2. The Hall–Kier alpha value is -2.90. The van der Waals surface area contributed by atoms with E-state index in [-0.39, 0.29) is 0 Å². The molecule has 31 heavy (non-hydrogen) atoms. The number of fused-ring (bicyclic) bond motifs is 1. The molecule has 2 aromatic rings. The van der Waals surface area contributed by atoms with Crippen LogP contribution in [0.3, 0.4) is 0 Å². The fourth-order valence-corrected chi connectivity index (χ4v) is 2.87. The molecule has 0 spiro atoms. The summed E-state index contributed by atoms with van der Waals surface area (Å²) in [5, 5.41) is 4.26. The van der Waals surface area contributed by atoms with Crippen LogP contribution < -0.4 is 14.8 Å². The van der Waals surface area contributed by atoms with Gasteiger partial charge in [0, 0.05) is 31.4 Å². The van der Waals surface area contributed by atoms with Gasteiger partial charge in [0.2, 0.25) is 0 Å². The summed E-state index contributed by atoms with van der Waals surface area (Å²) in [6, 6.07) is 3.77. The molecule has 168 valence electrons. The summed E-state index contributed by atoms with van der Waals surface area (Å²) < 4.78 is 21.9. The number of anilines is 1. The maximum absolute atomic E-state index is 5.91. The Balaban J connectivity index is 2.41. The Labute approximate surface area is 184 Å². The molecule has 0 unspecified atom stereocenters. The van der Waals surface area contributed by atoms with Crippen molar-refractivity contribution in [3.8, 4) is 11.5 Å². The van der Waals surface area contributed by atoms with Crippen LogP contribution in [0.25, 0.3) is 10.9 Å². The average Bonchev–Trinajstić information content (AvgIpc) is 2.78. The zero-order chi connectivity index (χ0) is 22.5. The lowest BCUT2D eigenvalue weighted by Crippen LogP contribution is -2.09. The predicted octanol–water partition coefficient (Wildman–Crippen LogP) is 4.91. The van der Waals surface area contributed by atoms with Gasteiger partial charge in [0.1, 0.15) is 25.4 Å². The van der Waals surface area contributed by atoms with Crippen LogP contribution in [-0.2, 0) is 9.47 Å². The lowest BCUT2D eigenvalue weighted by atomic mass is 10.1. The van der Waals surface area contributed by atoms with Crippen molar-refractivity contribution in [2.24, 2.45) is 0 Å². The molecule has 2 rings (SSSR count). The summed E-state index contributed by atoms with van der Waals surface area (Å²) >= 11 is 0. The molecule has 1 heterocycles.